The third-order valence-corrected chi connectivity index (χ3v) is 2.69. The molecule has 4 heteroatoms. The molecule has 0 bridgehead atoms. The summed E-state index contributed by atoms with van der Waals surface area (Å²) < 4.78 is 0. The average molecular weight is 243 g/mol. The van der Waals surface area contributed by atoms with Crippen LogP contribution in [0.1, 0.15) is 24.9 Å². The summed E-state index contributed by atoms with van der Waals surface area (Å²) in [5.41, 5.74) is 3.46. The molecule has 1 aromatic rings. The van der Waals surface area contributed by atoms with E-state index in [2.05, 4.69) is 17.3 Å². The van der Waals surface area contributed by atoms with Crippen LogP contribution in [0.2, 0.25) is 10.0 Å². The molecule has 0 saturated heterocycles. The molecule has 0 saturated carbocycles. The van der Waals surface area contributed by atoms with E-state index in [1.807, 2.05) is 0 Å². The van der Waals surface area contributed by atoms with Crippen molar-refractivity contribution in [1.29, 1.82) is 0 Å². The second kappa shape index (κ2) is 5.99. The summed E-state index contributed by atoms with van der Waals surface area (Å²) in [5, 5.41) is 1.20. The van der Waals surface area contributed by atoms with Gasteiger partial charge in [-0.1, -0.05) is 29.3 Å². The summed E-state index contributed by atoms with van der Waals surface area (Å²) in [6.07, 6.45) is 0.580. The molecule has 0 aliphatic rings. The first-order valence-corrected chi connectivity index (χ1v) is 5.26. The van der Waals surface area contributed by atoms with Crippen LogP contribution in [0, 0.1) is 11.8 Å². The Hall–Kier alpha value is -0.720. The molecule has 0 radical (unpaired) electrons. The van der Waals surface area contributed by atoms with Crippen molar-refractivity contribution in [2.45, 2.75) is 19.4 Å². The van der Waals surface area contributed by atoms with E-state index in [9.17, 15) is 0 Å². The van der Waals surface area contributed by atoms with Crippen molar-refractivity contribution >= 4 is 23.2 Å². The van der Waals surface area contributed by atoms with Crippen LogP contribution in [-0.2, 0) is 0 Å². The summed E-state index contributed by atoms with van der Waals surface area (Å²) in [6, 6.07) is 5.23. The fourth-order valence-electron chi connectivity index (χ4n) is 1.29. The zero-order valence-electron chi connectivity index (χ0n) is 8.35. The Balaban J connectivity index is 3.03. The maximum atomic E-state index is 6.05. The van der Waals surface area contributed by atoms with Gasteiger partial charge in [-0.3, -0.25) is 11.3 Å². The molecule has 0 aliphatic carbocycles. The smallest absolute Gasteiger partial charge is 0.0598 e. The van der Waals surface area contributed by atoms with Crippen molar-refractivity contribution in [3.05, 3.63) is 33.8 Å². The molecule has 1 unspecified atom stereocenters. The summed E-state index contributed by atoms with van der Waals surface area (Å²) in [5.74, 6) is 11.2. The van der Waals surface area contributed by atoms with Crippen LogP contribution >= 0.6 is 23.2 Å². The maximum Gasteiger partial charge on any atom is 0.0598 e. The standard InChI is InChI=1S/C11H12Cl2N2/c1-2-3-7-10(15-14)11-8(12)5-4-6-9(11)13/h4-6,10,15H,7,14H2,1H3. The van der Waals surface area contributed by atoms with Gasteiger partial charge in [0.15, 0.2) is 0 Å². The van der Waals surface area contributed by atoms with Crippen molar-refractivity contribution in [2.24, 2.45) is 5.84 Å². The lowest BCUT2D eigenvalue weighted by atomic mass is 10.0. The van der Waals surface area contributed by atoms with Crippen molar-refractivity contribution in [3.63, 3.8) is 0 Å². The van der Waals surface area contributed by atoms with Crippen LogP contribution < -0.4 is 11.3 Å². The topological polar surface area (TPSA) is 38.0 Å². The van der Waals surface area contributed by atoms with Gasteiger partial charge in [-0.15, -0.1) is 11.8 Å². The number of halogens is 2. The quantitative estimate of drug-likeness (QED) is 0.486. The number of hydrogen-bond donors (Lipinski definition) is 2. The van der Waals surface area contributed by atoms with Crippen molar-refractivity contribution in [3.8, 4) is 11.8 Å². The van der Waals surface area contributed by atoms with Gasteiger partial charge in [-0.05, 0) is 19.1 Å². The highest BCUT2D eigenvalue weighted by molar-refractivity contribution is 6.36. The zero-order valence-corrected chi connectivity index (χ0v) is 9.86. The third-order valence-electron chi connectivity index (χ3n) is 2.03. The predicted octanol–water partition coefficient (Wildman–Crippen LogP) is 2.91. The normalized spacial score (nSPS) is 11.7. The lowest BCUT2D eigenvalue weighted by Gasteiger charge is -2.16. The second-order valence-electron chi connectivity index (χ2n) is 2.99. The van der Waals surface area contributed by atoms with Gasteiger partial charge in [0.2, 0.25) is 0 Å². The Morgan fingerprint density at radius 2 is 2.00 bits per heavy atom. The lowest BCUT2D eigenvalue weighted by molar-refractivity contribution is 0.568. The summed E-state index contributed by atoms with van der Waals surface area (Å²) in [7, 11) is 0. The molecule has 0 aliphatic heterocycles. The monoisotopic (exact) mass is 242 g/mol. The van der Waals surface area contributed by atoms with Gasteiger partial charge in [-0.25, -0.2) is 0 Å². The molecule has 0 fully saturated rings. The average Bonchev–Trinajstić information content (AvgIpc) is 2.22. The van der Waals surface area contributed by atoms with E-state index in [1.54, 1.807) is 25.1 Å². The summed E-state index contributed by atoms with van der Waals surface area (Å²) in [6.45, 7) is 1.78. The minimum Gasteiger partial charge on any atom is -0.271 e. The van der Waals surface area contributed by atoms with Crippen LogP contribution in [0.5, 0.6) is 0 Å². The Morgan fingerprint density at radius 1 is 1.40 bits per heavy atom. The van der Waals surface area contributed by atoms with E-state index in [-0.39, 0.29) is 6.04 Å². The number of nitrogens with two attached hydrogens (primary N) is 1. The fraction of sp³-hybridized carbons (Fsp3) is 0.273. The SMILES string of the molecule is CC#CCC(NN)c1c(Cl)cccc1Cl. The number of benzene rings is 1. The van der Waals surface area contributed by atoms with Gasteiger partial charge in [0.1, 0.15) is 0 Å². The summed E-state index contributed by atoms with van der Waals surface area (Å²) >= 11 is 12.1. The number of hydrazine groups is 1. The first-order valence-electron chi connectivity index (χ1n) is 4.50. The van der Waals surface area contributed by atoms with Gasteiger partial charge in [0, 0.05) is 22.0 Å². The molecule has 0 amide bonds. The van der Waals surface area contributed by atoms with Gasteiger partial charge < -0.3 is 0 Å². The molecule has 1 aromatic carbocycles. The minimum absolute atomic E-state index is 0.140. The van der Waals surface area contributed by atoms with Gasteiger partial charge in [0.25, 0.3) is 0 Å². The van der Waals surface area contributed by atoms with Gasteiger partial charge in [0.05, 0.1) is 6.04 Å². The lowest BCUT2D eigenvalue weighted by Crippen LogP contribution is -2.28. The van der Waals surface area contributed by atoms with Crippen molar-refractivity contribution in [2.75, 3.05) is 0 Å². The largest absolute Gasteiger partial charge is 0.271 e. The predicted molar refractivity (Wildman–Crippen MR) is 64.6 cm³/mol. The highest BCUT2D eigenvalue weighted by Crippen LogP contribution is 2.31. The molecule has 1 rings (SSSR count). The second-order valence-corrected chi connectivity index (χ2v) is 3.80. The maximum absolute atomic E-state index is 6.05. The van der Waals surface area contributed by atoms with E-state index < -0.39 is 0 Å². The number of hydrogen-bond acceptors (Lipinski definition) is 2. The molecule has 15 heavy (non-hydrogen) atoms. The fourth-order valence-corrected chi connectivity index (χ4v) is 1.95. The van der Waals surface area contributed by atoms with Crippen LogP contribution in [0.25, 0.3) is 0 Å². The first-order chi connectivity index (χ1) is 7.20. The molecule has 0 heterocycles. The van der Waals surface area contributed by atoms with Crippen molar-refractivity contribution < 1.29 is 0 Å². The number of nitrogens with one attached hydrogen (secondary N) is 1. The highest BCUT2D eigenvalue weighted by atomic mass is 35.5. The van der Waals surface area contributed by atoms with E-state index in [0.29, 0.717) is 16.5 Å². The molecule has 1 atom stereocenters. The highest BCUT2D eigenvalue weighted by Gasteiger charge is 2.15. The van der Waals surface area contributed by atoms with Gasteiger partial charge in [-0.2, -0.15) is 0 Å². The van der Waals surface area contributed by atoms with E-state index >= 15 is 0 Å². The van der Waals surface area contributed by atoms with Crippen molar-refractivity contribution in [1.82, 2.24) is 5.43 Å². The van der Waals surface area contributed by atoms with E-state index in [4.69, 9.17) is 29.0 Å². The first kappa shape index (κ1) is 12.4. The molecule has 80 valence electrons. The molecular weight excluding hydrogens is 231 g/mol. The van der Waals surface area contributed by atoms with Gasteiger partial charge >= 0.3 is 0 Å². The van der Waals surface area contributed by atoms with Crippen LogP contribution in [0.4, 0.5) is 0 Å². The molecule has 0 spiro atoms. The molecule has 3 N–H and O–H groups in total. The summed E-state index contributed by atoms with van der Waals surface area (Å²) in [4.78, 5) is 0. The zero-order chi connectivity index (χ0) is 11.3. The Bertz CT molecular complexity index is 373. The van der Waals surface area contributed by atoms with E-state index in [0.717, 1.165) is 5.56 Å². The molecule has 0 aromatic heterocycles. The minimum atomic E-state index is -0.140. The Morgan fingerprint density at radius 3 is 2.47 bits per heavy atom. The number of rotatable bonds is 3. The molecule has 2 nitrogen and oxygen atoms in total. The Labute approximate surface area is 99.7 Å². The Kier molecular flexibility index (Phi) is 4.93. The molecular formula is C11H12Cl2N2. The van der Waals surface area contributed by atoms with Crippen LogP contribution in [0.15, 0.2) is 18.2 Å². The van der Waals surface area contributed by atoms with Crippen LogP contribution in [0.3, 0.4) is 0 Å². The van der Waals surface area contributed by atoms with Crippen LogP contribution in [-0.4, -0.2) is 0 Å². The van der Waals surface area contributed by atoms with E-state index in [1.165, 1.54) is 0 Å². The third kappa shape index (κ3) is 3.12.